The lowest BCUT2D eigenvalue weighted by atomic mass is 10.1. The number of carbonyl (C=O) groups excluding carboxylic acids is 1. The van der Waals surface area contributed by atoms with Crippen molar-refractivity contribution in [1.29, 1.82) is 0 Å². The largest absolute Gasteiger partial charge is 0.382 e. The molecule has 0 saturated heterocycles. The van der Waals surface area contributed by atoms with Crippen molar-refractivity contribution in [3.8, 4) is 11.4 Å². The molecule has 7 nitrogen and oxygen atoms in total. The van der Waals surface area contributed by atoms with Crippen LogP contribution in [0.1, 0.15) is 21.7 Å². The Kier molecular flexibility index (Phi) is 5.54. The lowest BCUT2D eigenvalue weighted by Gasteiger charge is -2.35. The second-order valence-electron chi connectivity index (χ2n) is 6.94. The van der Waals surface area contributed by atoms with E-state index in [-0.39, 0.29) is 17.2 Å². The molecule has 0 unspecified atom stereocenters. The molecule has 29 heavy (non-hydrogen) atoms. The van der Waals surface area contributed by atoms with Crippen LogP contribution < -0.4 is 0 Å². The van der Waals surface area contributed by atoms with Crippen LogP contribution in [0, 0.1) is 6.92 Å². The number of aromatic nitrogens is 4. The molecule has 1 aliphatic rings. The van der Waals surface area contributed by atoms with Crippen LogP contribution in [-0.2, 0) is 17.8 Å². The summed E-state index contributed by atoms with van der Waals surface area (Å²) in [6.07, 6.45) is 3.47. The Morgan fingerprint density at radius 3 is 2.86 bits per heavy atom. The highest BCUT2D eigenvalue weighted by Crippen LogP contribution is 2.26. The Bertz CT molecular complexity index is 1070. The molecule has 3 aromatic rings. The van der Waals surface area contributed by atoms with E-state index in [9.17, 15) is 4.79 Å². The number of hydrogen-bond acceptors (Lipinski definition) is 5. The van der Waals surface area contributed by atoms with Gasteiger partial charge in [-0.05, 0) is 41.8 Å². The molecule has 0 saturated carbocycles. The van der Waals surface area contributed by atoms with Gasteiger partial charge >= 0.3 is 0 Å². The standard InChI is InChI=1S/C20H19Cl2N5O2/c1-12-7-23-20(22)25-17(12)16-10-26-9-15(11-29-2)27(19(28)18(26)24-16)8-13-4-3-5-14(21)6-13/h3-7,10,15H,8-9,11H2,1-2H3/t15-/m1/s1. The van der Waals surface area contributed by atoms with Crippen molar-refractivity contribution in [1.82, 2.24) is 24.4 Å². The molecule has 2 aromatic heterocycles. The third kappa shape index (κ3) is 3.99. The first-order valence-corrected chi connectivity index (χ1v) is 9.83. The van der Waals surface area contributed by atoms with Crippen molar-refractivity contribution in [2.24, 2.45) is 0 Å². The van der Waals surface area contributed by atoms with Crippen molar-refractivity contribution in [2.45, 2.75) is 26.1 Å². The van der Waals surface area contributed by atoms with Crippen LogP contribution in [0.15, 0.2) is 36.7 Å². The minimum Gasteiger partial charge on any atom is -0.382 e. The van der Waals surface area contributed by atoms with Crippen LogP contribution in [0.5, 0.6) is 0 Å². The number of hydrogen-bond donors (Lipinski definition) is 0. The number of fused-ring (bicyclic) bond motifs is 1. The minimum atomic E-state index is -0.165. The summed E-state index contributed by atoms with van der Waals surface area (Å²) in [5.41, 5.74) is 2.99. The van der Waals surface area contributed by atoms with Gasteiger partial charge in [0.1, 0.15) is 5.69 Å². The Morgan fingerprint density at radius 2 is 2.10 bits per heavy atom. The number of halogens is 2. The molecule has 0 bridgehead atoms. The average molecular weight is 432 g/mol. The number of aryl methyl sites for hydroxylation is 1. The van der Waals surface area contributed by atoms with E-state index < -0.39 is 0 Å². The Balaban J connectivity index is 1.70. The monoisotopic (exact) mass is 431 g/mol. The minimum absolute atomic E-state index is 0.129. The number of imidazole rings is 1. The normalized spacial score (nSPS) is 16.2. The quantitative estimate of drug-likeness (QED) is 0.576. The average Bonchev–Trinajstić information content (AvgIpc) is 3.11. The highest BCUT2D eigenvalue weighted by atomic mass is 35.5. The topological polar surface area (TPSA) is 73.1 Å². The molecule has 3 heterocycles. The van der Waals surface area contributed by atoms with Crippen LogP contribution in [0.25, 0.3) is 11.4 Å². The summed E-state index contributed by atoms with van der Waals surface area (Å²) in [5, 5.41) is 0.776. The van der Waals surface area contributed by atoms with Gasteiger partial charge in [0.05, 0.1) is 18.3 Å². The number of rotatable bonds is 5. The van der Waals surface area contributed by atoms with E-state index in [1.807, 2.05) is 42.0 Å². The van der Waals surface area contributed by atoms with Gasteiger partial charge in [-0.3, -0.25) is 4.79 Å². The van der Waals surface area contributed by atoms with Gasteiger partial charge in [0.25, 0.3) is 5.91 Å². The summed E-state index contributed by atoms with van der Waals surface area (Å²) in [6.45, 7) is 3.29. The SMILES string of the molecule is COC[C@H]1Cn2cc(-c3nc(Cl)ncc3C)nc2C(=O)N1Cc1cccc(Cl)c1. The first kappa shape index (κ1) is 19.8. The van der Waals surface area contributed by atoms with E-state index in [0.29, 0.717) is 41.9 Å². The van der Waals surface area contributed by atoms with Gasteiger partial charge in [-0.1, -0.05) is 23.7 Å². The Morgan fingerprint density at radius 1 is 1.28 bits per heavy atom. The predicted molar refractivity (Wildman–Crippen MR) is 110 cm³/mol. The van der Waals surface area contributed by atoms with Crippen molar-refractivity contribution in [3.05, 3.63) is 63.9 Å². The zero-order chi connectivity index (χ0) is 20.5. The molecule has 0 fully saturated rings. The highest BCUT2D eigenvalue weighted by Gasteiger charge is 2.34. The lowest BCUT2D eigenvalue weighted by molar-refractivity contribution is 0.0380. The smallest absolute Gasteiger partial charge is 0.290 e. The zero-order valence-electron chi connectivity index (χ0n) is 16.0. The number of amides is 1. The zero-order valence-corrected chi connectivity index (χ0v) is 17.5. The lowest BCUT2D eigenvalue weighted by Crippen LogP contribution is -2.49. The molecule has 9 heteroatoms. The van der Waals surface area contributed by atoms with E-state index >= 15 is 0 Å². The van der Waals surface area contributed by atoms with Gasteiger partial charge in [-0.15, -0.1) is 0 Å². The van der Waals surface area contributed by atoms with Crippen LogP contribution in [-0.4, -0.2) is 50.1 Å². The summed E-state index contributed by atoms with van der Waals surface area (Å²) in [4.78, 5) is 27.9. The fourth-order valence-electron chi connectivity index (χ4n) is 3.51. The Hall–Kier alpha value is -2.48. The summed E-state index contributed by atoms with van der Waals surface area (Å²) in [6, 6.07) is 7.36. The maximum Gasteiger partial charge on any atom is 0.290 e. The van der Waals surface area contributed by atoms with Gasteiger partial charge < -0.3 is 14.2 Å². The summed E-state index contributed by atoms with van der Waals surface area (Å²) < 4.78 is 7.22. The van der Waals surface area contributed by atoms with E-state index in [0.717, 1.165) is 11.1 Å². The van der Waals surface area contributed by atoms with Gasteiger partial charge in [0, 0.05) is 37.6 Å². The summed E-state index contributed by atoms with van der Waals surface area (Å²) >= 11 is 12.1. The fraction of sp³-hybridized carbons (Fsp3) is 0.300. The first-order valence-electron chi connectivity index (χ1n) is 9.07. The van der Waals surface area contributed by atoms with Gasteiger partial charge in [0.15, 0.2) is 5.82 Å². The van der Waals surface area contributed by atoms with Gasteiger partial charge in [-0.25, -0.2) is 15.0 Å². The van der Waals surface area contributed by atoms with Crippen molar-refractivity contribution < 1.29 is 9.53 Å². The summed E-state index contributed by atoms with van der Waals surface area (Å²) in [5.74, 6) is 0.200. The number of benzene rings is 1. The van der Waals surface area contributed by atoms with Crippen LogP contribution in [0.3, 0.4) is 0 Å². The van der Waals surface area contributed by atoms with E-state index in [2.05, 4.69) is 15.0 Å². The van der Waals surface area contributed by atoms with E-state index in [4.69, 9.17) is 27.9 Å². The molecule has 1 amide bonds. The number of nitrogens with zero attached hydrogens (tertiary/aromatic N) is 5. The number of carbonyl (C=O) groups is 1. The third-order valence-corrected chi connectivity index (χ3v) is 5.28. The molecule has 0 radical (unpaired) electrons. The molecular formula is C20H19Cl2N5O2. The van der Waals surface area contributed by atoms with Crippen molar-refractivity contribution in [3.63, 3.8) is 0 Å². The molecule has 1 aromatic carbocycles. The fourth-order valence-corrected chi connectivity index (χ4v) is 3.85. The molecule has 0 spiro atoms. The van der Waals surface area contributed by atoms with Gasteiger partial charge in [0.2, 0.25) is 5.28 Å². The van der Waals surface area contributed by atoms with Crippen LogP contribution in [0.4, 0.5) is 0 Å². The molecule has 1 atom stereocenters. The maximum atomic E-state index is 13.3. The molecule has 1 aliphatic heterocycles. The van der Waals surface area contributed by atoms with E-state index in [1.54, 1.807) is 18.2 Å². The number of ether oxygens (including phenoxy) is 1. The second-order valence-corrected chi connectivity index (χ2v) is 7.72. The second kappa shape index (κ2) is 8.10. The molecular weight excluding hydrogens is 413 g/mol. The van der Waals surface area contributed by atoms with Crippen LogP contribution in [0.2, 0.25) is 10.3 Å². The molecule has 0 N–H and O–H groups in total. The predicted octanol–water partition coefficient (Wildman–Crippen LogP) is 3.63. The molecule has 4 rings (SSSR count). The van der Waals surface area contributed by atoms with Crippen molar-refractivity contribution >= 4 is 29.1 Å². The molecule has 0 aliphatic carbocycles. The maximum absolute atomic E-state index is 13.3. The number of methoxy groups -OCH3 is 1. The first-order chi connectivity index (χ1) is 14.0. The third-order valence-electron chi connectivity index (χ3n) is 4.86. The Labute approximate surface area is 178 Å². The van der Waals surface area contributed by atoms with Crippen molar-refractivity contribution in [2.75, 3.05) is 13.7 Å². The molecule has 150 valence electrons. The van der Waals surface area contributed by atoms with E-state index in [1.165, 1.54) is 0 Å². The van der Waals surface area contributed by atoms with Crippen LogP contribution >= 0.6 is 23.2 Å². The van der Waals surface area contributed by atoms with Gasteiger partial charge in [-0.2, -0.15) is 0 Å². The summed E-state index contributed by atoms with van der Waals surface area (Å²) in [7, 11) is 1.63. The highest BCUT2D eigenvalue weighted by molar-refractivity contribution is 6.30.